The van der Waals surface area contributed by atoms with Crippen molar-refractivity contribution >= 4 is 23.2 Å². The number of amides is 1. The molecular weight excluding hydrogens is 446 g/mol. The highest BCUT2D eigenvalue weighted by Gasteiger charge is 2.17. The molecule has 3 aromatic rings. The number of carbonyl (C=O) groups excluding carboxylic acids is 1. The molecule has 0 atom stereocenters. The summed E-state index contributed by atoms with van der Waals surface area (Å²) in [5, 5.41) is 5.92. The number of para-hydroxylation sites is 1. The molecule has 9 nitrogen and oxygen atoms in total. The Kier molecular flexibility index (Phi) is 7.89. The molecule has 1 amide bonds. The number of hydrogen-bond acceptors (Lipinski definition) is 7. The fourth-order valence-electron chi connectivity index (χ4n) is 4.03. The third kappa shape index (κ3) is 6.33. The predicted molar refractivity (Wildman–Crippen MR) is 138 cm³/mol. The summed E-state index contributed by atoms with van der Waals surface area (Å²) in [6.07, 6.45) is 1.45. The van der Waals surface area contributed by atoms with Gasteiger partial charge in [0.2, 0.25) is 5.75 Å². The van der Waals surface area contributed by atoms with Crippen LogP contribution in [0.15, 0.2) is 65.6 Å². The largest absolute Gasteiger partial charge is 0.496 e. The Labute approximate surface area is 204 Å². The predicted octanol–water partition coefficient (Wildman–Crippen LogP) is 3.40. The van der Waals surface area contributed by atoms with Crippen molar-refractivity contribution in [3.8, 4) is 11.5 Å². The van der Waals surface area contributed by atoms with Crippen LogP contribution in [0.3, 0.4) is 0 Å². The van der Waals surface area contributed by atoms with E-state index in [4.69, 9.17) is 9.47 Å². The number of piperazine rings is 1. The normalized spacial score (nSPS) is 13.8. The summed E-state index contributed by atoms with van der Waals surface area (Å²) in [7, 11) is 3.74. The molecule has 1 aromatic heterocycles. The van der Waals surface area contributed by atoms with Crippen molar-refractivity contribution in [2.75, 3.05) is 62.4 Å². The van der Waals surface area contributed by atoms with Gasteiger partial charge in [0.25, 0.3) is 5.56 Å². The molecule has 2 heterocycles. The van der Waals surface area contributed by atoms with E-state index < -0.39 is 11.7 Å². The van der Waals surface area contributed by atoms with Gasteiger partial charge < -0.3 is 29.6 Å². The lowest BCUT2D eigenvalue weighted by Gasteiger charge is -2.34. The number of carbonyl (C=O) groups is 1. The van der Waals surface area contributed by atoms with E-state index in [1.807, 2.05) is 42.5 Å². The molecule has 184 valence electrons. The summed E-state index contributed by atoms with van der Waals surface area (Å²) >= 11 is 0. The number of benzene rings is 2. The maximum absolute atomic E-state index is 12.6. The monoisotopic (exact) mass is 477 g/mol. The van der Waals surface area contributed by atoms with Gasteiger partial charge in [-0.25, -0.2) is 4.79 Å². The average Bonchev–Trinajstić information content (AvgIpc) is 2.87. The van der Waals surface area contributed by atoms with Crippen molar-refractivity contribution in [3.63, 3.8) is 0 Å². The first-order valence-electron chi connectivity index (χ1n) is 11.6. The van der Waals surface area contributed by atoms with Crippen LogP contribution in [0.4, 0.5) is 21.9 Å². The van der Waals surface area contributed by atoms with Gasteiger partial charge in [0.05, 0.1) is 12.8 Å². The van der Waals surface area contributed by atoms with Crippen LogP contribution in [0.25, 0.3) is 0 Å². The molecule has 0 radical (unpaired) electrons. The molecule has 0 bridgehead atoms. The van der Waals surface area contributed by atoms with E-state index in [9.17, 15) is 9.59 Å². The van der Waals surface area contributed by atoms with Gasteiger partial charge in [-0.2, -0.15) is 0 Å². The van der Waals surface area contributed by atoms with Crippen LogP contribution in [-0.2, 0) is 6.42 Å². The van der Waals surface area contributed by atoms with Crippen LogP contribution >= 0.6 is 0 Å². The molecule has 0 saturated carbocycles. The van der Waals surface area contributed by atoms with Crippen molar-refractivity contribution in [3.05, 3.63) is 76.7 Å². The molecular formula is C26H31N5O4. The first-order chi connectivity index (χ1) is 17.0. The van der Waals surface area contributed by atoms with Crippen LogP contribution in [-0.4, -0.2) is 62.9 Å². The molecule has 1 aliphatic rings. The van der Waals surface area contributed by atoms with Crippen molar-refractivity contribution < 1.29 is 14.3 Å². The summed E-state index contributed by atoms with van der Waals surface area (Å²) in [4.78, 5) is 32.2. The maximum Gasteiger partial charge on any atom is 0.417 e. The zero-order valence-electron chi connectivity index (χ0n) is 20.0. The second-order valence-electron chi connectivity index (χ2n) is 8.39. The van der Waals surface area contributed by atoms with Crippen LogP contribution < -0.4 is 30.6 Å². The number of anilines is 3. The van der Waals surface area contributed by atoms with E-state index in [-0.39, 0.29) is 5.75 Å². The van der Waals surface area contributed by atoms with Gasteiger partial charge in [-0.05, 0) is 49.4 Å². The molecule has 35 heavy (non-hydrogen) atoms. The van der Waals surface area contributed by atoms with Crippen LogP contribution in [0.2, 0.25) is 0 Å². The van der Waals surface area contributed by atoms with E-state index >= 15 is 0 Å². The number of hydrogen-bond donors (Lipinski definition) is 3. The fraction of sp³-hybridized carbons (Fsp3) is 0.308. The first-order valence-corrected chi connectivity index (χ1v) is 11.6. The summed E-state index contributed by atoms with van der Waals surface area (Å²) in [5.41, 5.74) is 2.61. The second-order valence-corrected chi connectivity index (χ2v) is 8.39. The molecule has 0 aliphatic carbocycles. The topological polar surface area (TPSA) is 98.9 Å². The van der Waals surface area contributed by atoms with E-state index in [0.29, 0.717) is 24.3 Å². The SMILES string of the molecule is COc1ccccc1CCNc1cc[nH]c(=O)c1OC(=O)Nc1cccc(N2CCN(C)CC2)c1. The van der Waals surface area contributed by atoms with Crippen LogP contribution in [0, 0.1) is 0 Å². The first kappa shape index (κ1) is 24.2. The number of likely N-dealkylation sites (N-methyl/N-ethyl adjacent to an activating group) is 1. The van der Waals surface area contributed by atoms with Gasteiger partial charge >= 0.3 is 6.09 Å². The highest BCUT2D eigenvalue weighted by molar-refractivity contribution is 5.87. The molecule has 2 aromatic carbocycles. The van der Waals surface area contributed by atoms with E-state index in [1.165, 1.54) is 6.20 Å². The van der Waals surface area contributed by atoms with Crippen molar-refractivity contribution in [2.24, 2.45) is 0 Å². The highest BCUT2D eigenvalue weighted by atomic mass is 16.6. The van der Waals surface area contributed by atoms with E-state index in [1.54, 1.807) is 19.2 Å². The van der Waals surface area contributed by atoms with Gasteiger partial charge in [-0.3, -0.25) is 10.1 Å². The molecule has 4 rings (SSSR count). The highest BCUT2D eigenvalue weighted by Crippen LogP contribution is 2.23. The second kappa shape index (κ2) is 11.4. The Hall–Kier alpha value is -3.98. The van der Waals surface area contributed by atoms with Crippen LogP contribution in [0.5, 0.6) is 11.5 Å². The van der Waals surface area contributed by atoms with Crippen molar-refractivity contribution in [1.29, 1.82) is 0 Å². The molecule has 1 saturated heterocycles. The van der Waals surface area contributed by atoms with Crippen molar-refractivity contribution in [2.45, 2.75) is 6.42 Å². The number of nitrogens with one attached hydrogen (secondary N) is 3. The number of aromatic nitrogens is 1. The minimum absolute atomic E-state index is 0.0831. The fourth-order valence-corrected chi connectivity index (χ4v) is 4.03. The zero-order chi connectivity index (χ0) is 24.6. The lowest BCUT2D eigenvalue weighted by Crippen LogP contribution is -2.44. The average molecular weight is 478 g/mol. The van der Waals surface area contributed by atoms with Gasteiger partial charge in [0, 0.05) is 50.3 Å². The summed E-state index contributed by atoms with van der Waals surface area (Å²) in [6.45, 7) is 4.35. The number of rotatable bonds is 8. The van der Waals surface area contributed by atoms with E-state index in [2.05, 4.69) is 32.5 Å². The Morgan fingerprint density at radius 3 is 2.66 bits per heavy atom. The standard InChI is InChI=1S/C26H31N5O4/c1-30-14-16-31(17-15-30)21-8-5-7-20(18-21)29-26(33)35-24-22(11-13-28-25(24)32)27-12-10-19-6-3-4-9-23(19)34-2/h3-9,11,13,18H,10,12,14-17H2,1-2H3,(H,29,33)(H2,27,28,32). The summed E-state index contributed by atoms with van der Waals surface area (Å²) in [5.74, 6) is 0.718. The maximum atomic E-state index is 12.6. The smallest absolute Gasteiger partial charge is 0.417 e. The Balaban J connectivity index is 1.39. The molecule has 1 fully saturated rings. The number of pyridine rings is 1. The molecule has 0 spiro atoms. The van der Waals surface area contributed by atoms with E-state index in [0.717, 1.165) is 43.2 Å². The molecule has 0 unspecified atom stereocenters. The third-order valence-electron chi connectivity index (χ3n) is 5.97. The van der Waals surface area contributed by atoms with Gasteiger partial charge in [0.1, 0.15) is 5.75 Å². The van der Waals surface area contributed by atoms with Gasteiger partial charge in [0.15, 0.2) is 0 Å². The Bertz CT molecular complexity index is 1200. The number of aromatic amines is 1. The van der Waals surface area contributed by atoms with Gasteiger partial charge in [-0.15, -0.1) is 0 Å². The number of methoxy groups -OCH3 is 1. The molecule has 1 aliphatic heterocycles. The molecule has 3 N–H and O–H groups in total. The summed E-state index contributed by atoms with van der Waals surface area (Å²) in [6, 6.07) is 17.0. The number of ether oxygens (including phenoxy) is 2. The minimum atomic E-state index is -0.731. The van der Waals surface area contributed by atoms with Gasteiger partial charge in [-0.1, -0.05) is 24.3 Å². The quantitative estimate of drug-likeness (QED) is 0.457. The summed E-state index contributed by atoms with van der Waals surface area (Å²) < 4.78 is 10.8. The molecule has 9 heteroatoms. The lowest BCUT2D eigenvalue weighted by molar-refractivity contribution is 0.214. The Morgan fingerprint density at radius 1 is 1.06 bits per heavy atom. The third-order valence-corrected chi connectivity index (χ3v) is 5.97. The number of H-pyrrole nitrogens is 1. The minimum Gasteiger partial charge on any atom is -0.496 e. The van der Waals surface area contributed by atoms with Crippen molar-refractivity contribution in [1.82, 2.24) is 9.88 Å². The van der Waals surface area contributed by atoms with Crippen LogP contribution in [0.1, 0.15) is 5.56 Å². The zero-order valence-corrected chi connectivity index (χ0v) is 20.0. The Morgan fingerprint density at radius 2 is 1.86 bits per heavy atom. The lowest BCUT2D eigenvalue weighted by atomic mass is 10.1. The number of nitrogens with zero attached hydrogens (tertiary/aromatic N) is 2.